The van der Waals surface area contributed by atoms with Crippen LogP contribution in [0.15, 0.2) is 34.8 Å². The molecule has 0 bridgehead atoms. The van der Waals surface area contributed by atoms with Gasteiger partial charge in [-0.05, 0) is 52.7 Å². The molecular formula is C15H8BrCl2FN2. The van der Waals surface area contributed by atoms with Gasteiger partial charge >= 0.3 is 0 Å². The maximum atomic E-state index is 14.0. The maximum Gasteiger partial charge on any atom is 0.163 e. The van der Waals surface area contributed by atoms with Gasteiger partial charge in [0.25, 0.3) is 0 Å². The van der Waals surface area contributed by atoms with Crippen LogP contribution in [0.25, 0.3) is 22.3 Å². The van der Waals surface area contributed by atoms with Crippen molar-refractivity contribution < 1.29 is 4.39 Å². The van der Waals surface area contributed by atoms with Crippen LogP contribution in [0.4, 0.5) is 4.39 Å². The Kier molecular flexibility index (Phi) is 3.86. The van der Waals surface area contributed by atoms with Crippen LogP contribution in [0, 0.1) is 12.7 Å². The molecule has 0 radical (unpaired) electrons. The fraction of sp³-hybridized carbons (Fsp3) is 0.0667. The maximum absolute atomic E-state index is 14.0. The summed E-state index contributed by atoms with van der Waals surface area (Å²) < 4.78 is 14.6. The van der Waals surface area contributed by atoms with Crippen LogP contribution in [-0.4, -0.2) is 9.97 Å². The second-order valence-electron chi connectivity index (χ2n) is 4.57. The van der Waals surface area contributed by atoms with Gasteiger partial charge in [0.05, 0.1) is 10.4 Å². The molecule has 0 aliphatic heterocycles. The molecule has 0 fully saturated rings. The minimum Gasteiger partial charge on any atom is -0.225 e. The van der Waals surface area contributed by atoms with Gasteiger partial charge in [0.1, 0.15) is 16.5 Å². The molecule has 106 valence electrons. The molecule has 3 rings (SSSR count). The molecule has 0 aliphatic carbocycles. The number of benzene rings is 2. The lowest BCUT2D eigenvalue weighted by atomic mass is 10.1. The van der Waals surface area contributed by atoms with Crippen molar-refractivity contribution in [1.29, 1.82) is 0 Å². The number of fused-ring (bicyclic) bond motifs is 1. The summed E-state index contributed by atoms with van der Waals surface area (Å²) in [7, 11) is 0. The van der Waals surface area contributed by atoms with Crippen molar-refractivity contribution in [2.24, 2.45) is 0 Å². The molecule has 0 unspecified atom stereocenters. The lowest BCUT2D eigenvalue weighted by Gasteiger charge is -2.08. The van der Waals surface area contributed by atoms with E-state index >= 15 is 0 Å². The smallest absolute Gasteiger partial charge is 0.163 e. The fourth-order valence-corrected chi connectivity index (χ4v) is 3.26. The van der Waals surface area contributed by atoms with Gasteiger partial charge in [0.2, 0.25) is 0 Å². The highest BCUT2D eigenvalue weighted by Gasteiger charge is 2.15. The van der Waals surface area contributed by atoms with Crippen molar-refractivity contribution in [2.75, 3.05) is 0 Å². The molecule has 3 aromatic rings. The molecule has 2 nitrogen and oxygen atoms in total. The first-order chi connectivity index (χ1) is 9.97. The van der Waals surface area contributed by atoms with Gasteiger partial charge in [0, 0.05) is 10.0 Å². The Morgan fingerprint density at radius 2 is 1.86 bits per heavy atom. The lowest BCUT2D eigenvalue weighted by Crippen LogP contribution is -1.95. The summed E-state index contributed by atoms with van der Waals surface area (Å²) >= 11 is 15.7. The molecule has 21 heavy (non-hydrogen) atoms. The van der Waals surface area contributed by atoms with Crippen LogP contribution in [0.3, 0.4) is 0 Å². The number of rotatable bonds is 1. The molecule has 2 aromatic carbocycles. The largest absolute Gasteiger partial charge is 0.225 e. The number of aryl methyl sites for hydroxylation is 1. The average molecular weight is 386 g/mol. The Morgan fingerprint density at radius 3 is 2.57 bits per heavy atom. The predicted molar refractivity (Wildman–Crippen MR) is 87.4 cm³/mol. The number of aromatic nitrogens is 2. The quantitative estimate of drug-likeness (QED) is 0.493. The first-order valence-corrected chi connectivity index (χ1v) is 7.60. The third kappa shape index (κ3) is 2.63. The molecule has 1 heterocycles. The Labute approximate surface area is 139 Å². The first-order valence-electron chi connectivity index (χ1n) is 6.05. The zero-order chi connectivity index (χ0) is 15.1. The Morgan fingerprint density at radius 1 is 1.10 bits per heavy atom. The van der Waals surface area contributed by atoms with Gasteiger partial charge in [-0.25, -0.2) is 14.4 Å². The monoisotopic (exact) mass is 384 g/mol. The number of nitrogens with zero attached hydrogens (tertiary/aromatic N) is 2. The van der Waals surface area contributed by atoms with Gasteiger partial charge in [0.15, 0.2) is 5.82 Å². The van der Waals surface area contributed by atoms with E-state index < -0.39 is 5.82 Å². The number of hydrogen-bond acceptors (Lipinski definition) is 2. The second kappa shape index (κ2) is 5.52. The third-order valence-corrected chi connectivity index (χ3v) is 4.32. The standard InChI is InChI=1S/C15H8BrCl2FN2/c1-7-2-3-8(10(17)6-7)15-20-13-11(19)5-4-9(16)12(13)14(18)21-15/h2-6H,1H3. The van der Waals surface area contributed by atoms with Crippen LogP contribution in [-0.2, 0) is 0 Å². The summed E-state index contributed by atoms with van der Waals surface area (Å²) in [4.78, 5) is 8.51. The van der Waals surface area contributed by atoms with E-state index in [1.807, 2.05) is 13.0 Å². The van der Waals surface area contributed by atoms with E-state index in [4.69, 9.17) is 23.2 Å². The molecule has 0 amide bonds. The minimum atomic E-state index is -0.456. The third-order valence-electron chi connectivity index (χ3n) is 3.07. The van der Waals surface area contributed by atoms with Crippen molar-refractivity contribution >= 4 is 50.0 Å². The Bertz CT molecular complexity index is 868. The summed E-state index contributed by atoms with van der Waals surface area (Å²) in [5, 5.41) is 1.13. The normalized spacial score (nSPS) is 11.1. The summed E-state index contributed by atoms with van der Waals surface area (Å²) in [6.45, 7) is 1.93. The first kappa shape index (κ1) is 14.7. The summed E-state index contributed by atoms with van der Waals surface area (Å²) in [5.74, 6) is -0.156. The van der Waals surface area contributed by atoms with Gasteiger partial charge in [-0.3, -0.25) is 0 Å². The lowest BCUT2D eigenvalue weighted by molar-refractivity contribution is 0.636. The van der Waals surface area contributed by atoms with Crippen LogP contribution in [0.2, 0.25) is 10.2 Å². The van der Waals surface area contributed by atoms with Crippen LogP contribution >= 0.6 is 39.1 Å². The van der Waals surface area contributed by atoms with E-state index in [1.165, 1.54) is 6.07 Å². The van der Waals surface area contributed by atoms with E-state index in [1.54, 1.807) is 18.2 Å². The Hall–Kier alpha value is -1.23. The molecule has 0 atom stereocenters. The highest BCUT2D eigenvalue weighted by molar-refractivity contribution is 9.10. The topological polar surface area (TPSA) is 25.8 Å². The number of halogens is 4. The van der Waals surface area contributed by atoms with Gasteiger partial charge < -0.3 is 0 Å². The SMILES string of the molecule is Cc1ccc(-c2nc(Cl)c3c(Br)ccc(F)c3n2)c(Cl)c1. The highest BCUT2D eigenvalue weighted by Crippen LogP contribution is 2.34. The molecule has 1 aromatic heterocycles. The molecule has 0 spiro atoms. The second-order valence-corrected chi connectivity index (χ2v) is 6.19. The van der Waals surface area contributed by atoms with Gasteiger partial charge in [-0.1, -0.05) is 29.3 Å². The predicted octanol–water partition coefficient (Wildman–Crippen LogP) is 5.81. The molecule has 0 aliphatic rings. The molecule has 0 saturated heterocycles. The summed E-state index contributed by atoms with van der Waals surface area (Å²) in [5.41, 5.74) is 1.80. The van der Waals surface area contributed by atoms with E-state index in [2.05, 4.69) is 25.9 Å². The van der Waals surface area contributed by atoms with Crippen LogP contribution in [0.5, 0.6) is 0 Å². The van der Waals surface area contributed by atoms with E-state index in [9.17, 15) is 4.39 Å². The highest BCUT2D eigenvalue weighted by atomic mass is 79.9. The van der Waals surface area contributed by atoms with Gasteiger partial charge in [-0.2, -0.15) is 0 Å². The van der Waals surface area contributed by atoms with E-state index in [-0.39, 0.29) is 10.7 Å². The van der Waals surface area contributed by atoms with E-state index in [0.717, 1.165) is 5.56 Å². The molecular weight excluding hydrogens is 378 g/mol. The van der Waals surface area contributed by atoms with Crippen molar-refractivity contribution in [3.8, 4) is 11.4 Å². The van der Waals surface area contributed by atoms with Gasteiger partial charge in [-0.15, -0.1) is 0 Å². The minimum absolute atomic E-state index is 0.163. The fourth-order valence-electron chi connectivity index (χ4n) is 2.05. The molecule has 0 N–H and O–H groups in total. The molecule has 0 saturated carbocycles. The van der Waals surface area contributed by atoms with E-state index in [0.29, 0.717) is 26.3 Å². The zero-order valence-corrected chi connectivity index (χ0v) is 13.9. The average Bonchev–Trinajstić information content (AvgIpc) is 2.42. The van der Waals surface area contributed by atoms with Crippen molar-refractivity contribution in [3.05, 3.63) is 56.4 Å². The molecule has 6 heteroatoms. The number of hydrogen-bond donors (Lipinski definition) is 0. The van der Waals surface area contributed by atoms with Crippen LogP contribution in [0.1, 0.15) is 5.56 Å². The van der Waals surface area contributed by atoms with Crippen LogP contribution < -0.4 is 0 Å². The van der Waals surface area contributed by atoms with Crippen molar-refractivity contribution in [3.63, 3.8) is 0 Å². The zero-order valence-electron chi connectivity index (χ0n) is 10.8. The van der Waals surface area contributed by atoms with Crippen molar-refractivity contribution in [1.82, 2.24) is 9.97 Å². The Balaban J connectivity index is 2.33. The summed E-state index contributed by atoms with van der Waals surface area (Å²) in [6, 6.07) is 8.39. The van der Waals surface area contributed by atoms with Crippen molar-refractivity contribution in [2.45, 2.75) is 6.92 Å². The summed E-state index contributed by atoms with van der Waals surface area (Å²) in [6.07, 6.45) is 0.